The number of para-hydroxylation sites is 2. The van der Waals surface area contributed by atoms with Crippen LogP contribution < -0.4 is 9.47 Å². The van der Waals surface area contributed by atoms with E-state index >= 15 is 0 Å². The van der Waals surface area contributed by atoms with Gasteiger partial charge in [-0.15, -0.1) is 0 Å². The van der Waals surface area contributed by atoms with E-state index in [4.69, 9.17) is 28.4 Å². The van der Waals surface area contributed by atoms with Gasteiger partial charge in [-0.2, -0.15) is 0 Å². The van der Waals surface area contributed by atoms with E-state index in [2.05, 4.69) is 0 Å². The topological polar surface area (TPSA) is 366 Å². The average molecular weight is 877 g/mol. The zero-order chi connectivity index (χ0) is 45.0. The van der Waals surface area contributed by atoms with Gasteiger partial charge in [-0.05, 0) is 24.1 Å². The second-order valence-electron chi connectivity index (χ2n) is 15.5. The Balaban J connectivity index is 1.07. The number of ketones is 2. The van der Waals surface area contributed by atoms with E-state index in [-0.39, 0.29) is 11.1 Å². The number of esters is 2. The number of phenols is 2. The molecular weight excluding hydrogens is 832 g/mol. The first-order valence-electron chi connectivity index (χ1n) is 19.2. The number of aliphatic hydroxyl groups is 10. The van der Waals surface area contributed by atoms with Crippen LogP contribution in [0, 0.1) is 23.7 Å². The molecule has 62 heavy (non-hydrogen) atoms. The van der Waals surface area contributed by atoms with Crippen molar-refractivity contribution in [2.45, 2.75) is 85.8 Å². The number of carbonyl (C=O) groups excluding carboxylic acids is 4. The summed E-state index contributed by atoms with van der Waals surface area (Å²) in [7, 11) is 0. The fourth-order valence-corrected chi connectivity index (χ4v) is 8.49. The van der Waals surface area contributed by atoms with Gasteiger partial charge < -0.3 is 89.7 Å². The van der Waals surface area contributed by atoms with Crippen LogP contribution in [0.5, 0.6) is 23.0 Å². The first kappa shape index (κ1) is 45.0. The lowest BCUT2D eigenvalue weighted by molar-refractivity contribution is -0.277. The molecule has 2 aromatic rings. The number of aromatic hydroxyl groups is 2. The van der Waals surface area contributed by atoms with Crippen LogP contribution in [0.1, 0.15) is 11.1 Å². The summed E-state index contributed by atoms with van der Waals surface area (Å²) in [4.78, 5) is 55.0. The SMILES string of the molecule is O=C1C=C[C@@H]2[C@@H]([C@@H]3C=C[C@@H]2[C@](O)(C(=O)OCc2cccc(O)c2O[C@@H]2O[C@H](CO)[C@@H](O)[C@H](O)[C@H]2O)C3=O)[C@@]1(O)C(=O)OCc1cccc(O)c1O[C@@H]1O[C@H](CO)[C@@H](O)[C@H](O)[C@H]1O. The quantitative estimate of drug-likeness (QED) is 0.0543. The molecule has 16 atom stereocenters. The average Bonchev–Trinajstić information content (AvgIpc) is 3.26. The summed E-state index contributed by atoms with van der Waals surface area (Å²) >= 11 is 0. The van der Waals surface area contributed by atoms with Crippen LogP contribution in [0.15, 0.2) is 60.7 Å². The van der Waals surface area contributed by atoms with Crippen molar-refractivity contribution >= 4 is 23.5 Å². The number of phenolic OH excluding ortho intramolecular Hbond substituents is 2. The molecule has 3 fully saturated rings. The van der Waals surface area contributed by atoms with E-state index in [1.807, 2.05) is 0 Å². The van der Waals surface area contributed by atoms with Crippen molar-refractivity contribution < 1.29 is 109 Å². The first-order valence-corrected chi connectivity index (χ1v) is 19.2. The van der Waals surface area contributed by atoms with E-state index in [1.54, 1.807) is 0 Å². The van der Waals surface area contributed by atoms with Crippen molar-refractivity contribution in [3.05, 3.63) is 71.8 Å². The minimum atomic E-state index is -3.08. The lowest BCUT2D eigenvalue weighted by Crippen LogP contribution is -2.71. The Morgan fingerprint density at radius 1 is 0.629 bits per heavy atom. The molecule has 12 N–H and O–H groups in total. The fourth-order valence-electron chi connectivity index (χ4n) is 8.49. The highest BCUT2D eigenvalue weighted by molar-refractivity contribution is 6.16. The third-order valence-corrected chi connectivity index (χ3v) is 11.9. The van der Waals surface area contributed by atoms with Crippen LogP contribution in [-0.2, 0) is 51.3 Å². The van der Waals surface area contributed by atoms with Gasteiger partial charge in [0.25, 0.3) is 0 Å². The number of hydrogen-bond donors (Lipinski definition) is 12. The minimum absolute atomic E-state index is 0.102. The lowest BCUT2D eigenvalue weighted by atomic mass is 9.49. The molecule has 2 aromatic carbocycles. The highest BCUT2D eigenvalue weighted by Gasteiger charge is 2.71. The summed E-state index contributed by atoms with van der Waals surface area (Å²) in [5.74, 6) is -13.6. The van der Waals surface area contributed by atoms with Crippen LogP contribution in [0.3, 0.4) is 0 Å². The Morgan fingerprint density at radius 2 is 1.10 bits per heavy atom. The molecule has 0 amide bonds. The van der Waals surface area contributed by atoms with Crippen LogP contribution in [0.4, 0.5) is 0 Å². The van der Waals surface area contributed by atoms with Crippen molar-refractivity contribution in [1.29, 1.82) is 0 Å². The van der Waals surface area contributed by atoms with Crippen LogP contribution in [0.2, 0.25) is 0 Å². The van der Waals surface area contributed by atoms with Gasteiger partial charge in [0.1, 0.15) is 62.0 Å². The Bertz CT molecular complexity index is 2120. The largest absolute Gasteiger partial charge is 0.504 e. The second kappa shape index (κ2) is 17.2. The maximum absolute atomic E-state index is 14.0. The fraction of sp³-hybridized carbons (Fsp3) is 0.500. The lowest BCUT2D eigenvalue weighted by Gasteiger charge is -2.54. The molecule has 8 rings (SSSR count). The summed E-state index contributed by atoms with van der Waals surface area (Å²) in [6, 6.07) is 7.48. The van der Waals surface area contributed by atoms with Gasteiger partial charge in [-0.25, -0.2) is 9.59 Å². The molecule has 2 aliphatic heterocycles. The molecular formula is C40H44O22. The number of hydrogen-bond acceptors (Lipinski definition) is 22. The highest BCUT2D eigenvalue weighted by Crippen LogP contribution is 2.55. The maximum atomic E-state index is 14.0. The van der Waals surface area contributed by atoms with Crippen molar-refractivity contribution in [3.8, 4) is 23.0 Å². The molecule has 1 saturated carbocycles. The van der Waals surface area contributed by atoms with E-state index in [9.17, 15) is 80.5 Å². The van der Waals surface area contributed by atoms with Crippen LogP contribution in [0.25, 0.3) is 0 Å². The van der Waals surface area contributed by atoms with Crippen LogP contribution in [-0.4, -0.2) is 171 Å². The number of Topliss-reactive ketones (excluding diaryl/α,β-unsaturated/α-hetero) is 1. The second-order valence-corrected chi connectivity index (χ2v) is 15.5. The number of benzene rings is 2. The third-order valence-electron chi connectivity index (χ3n) is 11.9. The zero-order valence-corrected chi connectivity index (χ0v) is 32.1. The molecule has 22 heteroatoms. The van der Waals surface area contributed by atoms with Gasteiger partial charge in [0, 0.05) is 28.9 Å². The predicted octanol–water partition coefficient (Wildman–Crippen LogP) is -4.54. The molecule has 2 heterocycles. The molecule has 336 valence electrons. The molecule has 6 aliphatic rings. The van der Waals surface area contributed by atoms with E-state index in [0.717, 1.165) is 18.2 Å². The number of ether oxygens (including phenoxy) is 6. The van der Waals surface area contributed by atoms with Gasteiger partial charge in [0.05, 0.1) is 13.2 Å². The first-order chi connectivity index (χ1) is 29.4. The van der Waals surface area contributed by atoms with Gasteiger partial charge in [0.2, 0.25) is 23.8 Å². The van der Waals surface area contributed by atoms with Gasteiger partial charge in [-0.3, -0.25) is 9.59 Å². The smallest absolute Gasteiger partial charge is 0.347 e. The Morgan fingerprint density at radius 3 is 1.56 bits per heavy atom. The molecule has 4 aliphatic carbocycles. The Kier molecular flexibility index (Phi) is 12.5. The number of carbonyl (C=O) groups is 4. The number of fused-ring (bicyclic) bond motifs is 1. The Hall–Kier alpha value is -5.08. The number of allylic oxidation sites excluding steroid dienone is 2. The van der Waals surface area contributed by atoms with E-state index in [1.165, 1.54) is 42.5 Å². The van der Waals surface area contributed by atoms with Crippen molar-refractivity contribution in [3.63, 3.8) is 0 Å². The summed E-state index contributed by atoms with van der Waals surface area (Å²) < 4.78 is 32.6. The number of rotatable bonds is 12. The third kappa shape index (κ3) is 7.40. The standard InChI is InChI=1S/C40H44O22/c41-11-22-26(46)28(48)30(50)35(59-22)61-32-15(3-1-5-20(32)43)13-57-37(53)39(55)19-9-7-18(34(39)52)25-17(19)8-10-24(45)40(25,56)38(54)58-14-16-4-2-6-21(44)33(16)62-36-31(51)29(49)27(47)23(12-42)60-36/h1-10,17-19,22-23,25-31,35-36,41-44,46-51,55-56H,11-14H2/t17-,18-,19-,22+,23+,25-,26+,27+,28-,29-,30+,31+,35-,36-,39+,40+/m0/s1. The molecule has 22 nitrogen and oxygen atoms in total. The predicted molar refractivity (Wildman–Crippen MR) is 197 cm³/mol. The van der Waals surface area contributed by atoms with Crippen molar-refractivity contribution in [2.75, 3.05) is 13.2 Å². The number of aliphatic hydroxyl groups excluding tert-OH is 8. The van der Waals surface area contributed by atoms with Gasteiger partial charge in [-0.1, -0.05) is 42.5 Å². The minimum Gasteiger partial charge on any atom is -0.504 e. The summed E-state index contributed by atoms with van der Waals surface area (Å²) in [6.45, 7) is -3.17. The molecule has 0 unspecified atom stereocenters. The molecule has 0 aromatic heterocycles. The molecule has 0 radical (unpaired) electrons. The molecule has 2 bridgehead atoms. The summed E-state index contributed by atoms with van der Waals surface area (Å²) in [5.41, 5.74) is -6.26. The normalized spacial score (nSPS) is 38.6. The monoisotopic (exact) mass is 876 g/mol. The Labute approximate surface area is 349 Å². The van der Waals surface area contributed by atoms with E-state index < -0.39 is 169 Å². The summed E-state index contributed by atoms with van der Waals surface area (Å²) in [5, 5.41) is 125. The summed E-state index contributed by atoms with van der Waals surface area (Å²) in [6.07, 6.45) is -12.6. The van der Waals surface area contributed by atoms with Crippen LogP contribution >= 0.6 is 0 Å². The highest BCUT2D eigenvalue weighted by atomic mass is 16.7. The van der Waals surface area contributed by atoms with Crippen molar-refractivity contribution in [2.24, 2.45) is 23.7 Å². The molecule has 0 spiro atoms. The van der Waals surface area contributed by atoms with Gasteiger partial charge in [0.15, 0.2) is 34.6 Å². The zero-order valence-electron chi connectivity index (χ0n) is 32.1. The van der Waals surface area contributed by atoms with Gasteiger partial charge >= 0.3 is 11.9 Å². The van der Waals surface area contributed by atoms with Crippen molar-refractivity contribution in [1.82, 2.24) is 0 Å². The molecule has 2 saturated heterocycles. The maximum Gasteiger partial charge on any atom is 0.347 e. The van der Waals surface area contributed by atoms with E-state index in [0.29, 0.717) is 0 Å².